The van der Waals surface area contributed by atoms with Crippen LogP contribution >= 0.6 is 0 Å². The van der Waals surface area contributed by atoms with Gasteiger partial charge in [0.2, 0.25) is 0 Å². The van der Waals surface area contributed by atoms with Gasteiger partial charge in [0.05, 0.1) is 30.0 Å². The van der Waals surface area contributed by atoms with Crippen LogP contribution in [0.3, 0.4) is 0 Å². The van der Waals surface area contributed by atoms with Crippen molar-refractivity contribution in [1.82, 2.24) is 0 Å². The predicted molar refractivity (Wildman–Crippen MR) is 116 cm³/mol. The Labute approximate surface area is 183 Å². The molecule has 0 saturated heterocycles. The van der Waals surface area contributed by atoms with E-state index in [1.807, 2.05) is 0 Å². The minimum atomic E-state index is -0.683. The molecule has 0 unspecified atom stereocenters. The second-order valence-electron chi connectivity index (χ2n) is 6.58. The van der Waals surface area contributed by atoms with E-state index < -0.39 is 11.6 Å². The fourth-order valence-electron chi connectivity index (χ4n) is 3.17. The molecule has 6 nitrogen and oxygen atoms in total. The number of halogens is 2. The van der Waals surface area contributed by atoms with E-state index in [9.17, 15) is 14.0 Å². The van der Waals surface area contributed by atoms with Gasteiger partial charge in [0.25, 0.3) is 5.70 Å². The van der Waals surface area contributed by atoms with Crippen molar-refractivity contribution in [2.45, 2.75) is 6.92 Å². The molecule has 0 heterocycles. The molecular formula is C24H12F2N6. The summed E-state index contributed by atoms with van der Waals surface area (Å²) in [6.07, 6.45) is 4.36. The minimum Gasteiger partial charge on any atom is -0.309 e. The van der Waals surface area contributed by atoms with Crippen molar-refractivity contribution in [3.8, 4) is 6.07 Å². The highest BCUT2D eigenvalue weighted by Gasteiger charge is 2.25. The van der Waals surface area contributed by atoms with E-state index in [-0.39, 0.29) is 39.7 Å². The Kier molecular flexibility index (Phi) is 6.21. The third kappa shape index (κ3) is 4.41. The van der Waals surface area contributed by atoms with Crippen molar-refractivity contribution in [2.75, 3.05) is 4.90 Å². The molecule has 2 aromatic rings. The van der Waals surface area contributed by atoms with Gasteiger partial charge in [-0.05, 0) is 66.6 Å². The van der Waals surface area contributed by atoms with Gasteiger partial charge in [0.1, 0.15) is 11.6 Å². The summed E-state index contributed by atoms with van der Waals surface area (Å²) in [5.41, 5.74) is 1.48. The lowest BCUT2D eigenvalue weighted by Gasteiger charge is -2.29. The molecular weight excluding hydrogens is 410 g/mol. The average molecular weight is 422 g/mol. The number of benzene rings is 2. The van der Waals surface area contributed by atoms with Crippen molar-refractivity contribution in [3.63, 3.8) is 0 Å². The Morgan fingerprint density at radius 2 is 1.69 bits per heavy atom. The van der Waals surface area contributed by atoms with Gasteiger partial charge < -0.3 is 4.90 Å². The number of nitriles is 1. The molecule has 0 amide bonds. The molecule has 0 bridgehead atoms. The smallest absolute Gasteiger partial charge is 0.269 e. The standard InChI is InChI=1S/C24H12F2N6/c1-15-7-17(25)11-20(8-15)32(21-12-18(26)10-19(13-21)28-2)24-9-16(23(14-27)29-3)5-6-22(24)31-30-4/h5-13H,1H3/b23-16+,31-22+. The summed E-state index contributed by atoms with van der Waals surface area (Å²) in [5.74, 6) is -1.23. The third-order valence-corrected chi connectivity index (χ3v) is 4.40. The van der Waals surface area contributed by atoms with Gasteiger partial charge in [0, 0.05) is 11.4 Å². The average Bonchev–Trinajstić information content (AvgIpc) is 2.75. The lowest BCUT2D eigenvalue weighted by molar-refractivity contribution is 0.626. The van der Waals surface area contributed by atoms with Crippen LogP contribution in [0.5, 0.6) is 0 Å². The zero-order chi connectivity index (χ0) is 23.3. The summed E-state index contributed by atoms with van der Waals surface area (Å²) < 4.78 is 28.6. The summed E-state index contributed by atoms with van der Waals surface area (Å²) in [5, 5.41) is 13.0. The van der Waals surface area contributed by atoms with E-state index in [1.165, 1.54) is 41.3 Å². The van der Waals surface area contributed by atoms with Crippen molar-refractivity contribution >= 4 is 22.8 Å². The number of hydrogen-bond acceptors (Lipinski definition) is 3. The zero-order valence-electron chi connectivity index (χ0n) is 16.6. The van der Waals surface area contributed by atoms with Crippen molar-refractivity contribution < 1.29 is 8.78 Å². The number of hydrogen-bond donors (Lipinski definition) is 0. The van der Waals surface area contributed by atoms with Gasteiger partial charge in [0.15, 0.2) is 11.4 Å². The molecule has 0 atom stereocenters. The molecule has 1 aliphatic rings. The largest absolute Gasteiger partial charge is 0.309 e. The lowest BCUT2D eigenvalue weighted by atomic mass is 10.0. The van der Waals surface area contributed by atoms with Gasteiger partial charge in [-0.1, -0.05) is 6.08 Å². The van der Waals surface area contributed by atoms with Crippen LogP contribution in [0.1, 0.15) is 5.56 Å². The number of rotatable bonds is 3. The molecule has 0 aliphatic heterocycles. The molecule has 0 fully saturated rings. The van der Waals surface area contributed by atoms with Crippen molar-refractivity contribution in [3.05, 3.63) is 123 Å². The van der Waals surface area contributed by atoms with Gasteiger partial charge in [-0.25, -0.2) is 23.7 Å². The Morgan fingerprint density at radius 1 is 1.00 bits per heavy atom. The van der Waals surface area contributed by atoms with E-state index in [2.05, 4.69) is 19.7 Å². The number of nitrogens with zero attached hydrogens (tertiary/aromatic N) is 6. The first-order valence-electron chi connectivity index (χ1n) is 9.02. The van der Waals surface area contributed by atoms with Crippen LogP contribution in [0, 0.1) is 49.6 Å². The number of allylic oxidation sites excluding steroid dienone is 5. The van der Waals surface area contributed by atoms with Gasteiger partial charge >= 0.3 is 0 Å². The summed E-state index contributed by atoms with van der Waals surface area (Å²) in [4.78, 5) is 11.0. The maximum Gasteiger partial charge on any atom is 0.269 e. The highest BCUT2D eigenvalue weighted by Crippen LogP contribution is 2.36. The Balaban J connectivity index is 2.40. The lowest BCUT2D eigenvalue weighted by Crippen LogP contribution is -2.24. The van der Waals surface area contributed by atoms with Crippen molar-refractivity contribution in [2.24, 2.45) is 5.10 Å². The summed E-state index contributed by atoms with van der Waals surface area (Å²) >= 11 is 0. The van der Waals surface area contributed by atoms with Crippen LogP contribution in [0.25, 0.3) is 14.6 Å². The highest BCUT2D eigenvalue weighted by molar-refractivity contribution is 6.14. The molecule has 0 aromatic heterocycles. The SMILES string of the molecule is [C-]#[N+]/N=C1C=C/C(=C(/C#N)[N+]#[C-])C=C\1N(c1cc(C)cc(F)c1)c1cc(F)cc([N+]#[C-])c1. The van der Waals surface area contributed by atoms with Crippen LogP contribution in [0.2, 0.25) is 0 Å². The maximum absolute atomic E-state index is 14.3. The van der Waals surface area contributed by atoms with Crippen LogP contribution in [0.4, 0.5) is 25.8 Å². The fraction of sp³-hybridized carbons (Fsp3) is 0.0417. The van der Waals surface area contributed by atoms with Crippen LogP contribution in [-0.4, -0.2) is 5.71 Å². The number of aryl methyl sites for hydroxylation is 1. The molecule has 2 aromatic carbocycles. The molecule has 32 heavy (non-hydrogen) atoms. The highest BCUT2D eigenvalue weighted by atomic mass is 19.1. The predicted octanol–water partition coefficient (Wildman–Crippen LogP) is 6.39. The Hall–Kier alpha value is -5.05. The Bertz CT molecular complexity index is 1370. The van der Waals surface area contributed by atoms with Gasteiger partial charge in [-0.2, -0.15) is 6.57 Å². The number of anilines is 2. The van der Waals surface area contributed by atoms with E-state index in [1.54, 1.807) is 19.1 Å². The molecule has 0 spiro atoms. The molecule has 152 valence electrons. The summed E-state index contributed by atoms with van der Waals surface area (Å²) in [7, 11) is 0. The second-order valence-corrected chi connectivity index (χ2v) is 6.58. The maximum atomic E-state index is 14.3. The fourth-order valence-corrected chi connectivity index (χ4v) is 3.17. The first kappa shape index (κ1) is 21.7. The van der Waals surface area contributed by atoms with Crippen LogP contribution < -0.4 is 4.90 Å². The van der Waals surface area contributed by atoms with Crippen molar-refractivity contribution in [1.29, 1.82) is 5.26 Å². The second kappa shape index (κ2) is 9.18. The molecule has 0 N–H and O–H groups in total. The Morgan fingerprint density at radius 3 is 2.28 bits per heavy atom. The molecule has 3 rings (SSSR count). The van der Waals surface area contributed by atoms with E-state index in [0.29, 0.717) is 5.56 Å². The monoisotopic (exact) mass is 422 g/mol. The van der Waals surface area contributed by atoms with E-state index in [0.717, 1.165) is 12.1 Å². The third-order valence-electron chi connectivity index (χ3n) is 4.40. The zero-order valence-corrected chi connectivity index (χ0v) is 16.6. The van der Waals surface area contributed by atoms with E-state index >= 15 is 0 Å². The van der Waals surface area contributed by atoms with Gasteiger partial charge in [-0.3, -0.25) is 0 Å². The van der Waals surface area contributed by atoms with E-state index in [4.69, 9.17) is 19.7 Å². The molecule has 0 radical (unpaired) electrons. The molecule has 1 aliphatic carbocycles. The van der Waals surface area contributed by atoms with Crippen LogP contribution in [-0.2, 0) is 0 Å². The first-order valence-corrected chi connectivity index (χ1v) is 9.02. The minimum absolute atomic E-state index is 0.0170. The summed E-state index contributed by atoms with van der Waals surface area (Å²) in [6.45, 7) is 23.3. The normalized spacial score (nSPS) is 15.1. The summed E-state index contributed by atoms with van der Waals surface area (Å²) in [6, 6.07) is 9.61. The van der Waals surface area contributed by atoms with Gasteiger partial charge in [-0.15, -0.1) is 4.95 Å². The topological polar surface area (TPSA) is 52.5 Å². The molecule has 0 saturated carbocycles. The van der Waals surface area contributed by atoms with Crippen LogP contribution in [0.15, 0.2) is 76.7 Å². The first-order chi connectivity index (χ1) is 15.4. The molecule has 8 heteroatoms. The quantitative estimate of drug-likeness (QED) is 0.327.